The Morgan fingerprint density at radius 3 is 2.67 bits per heavy atom. The standard InChI is InChI=1S/C14H24N2O2/c1-3-14(17)18-12-8-6-5-7-9-16-11-10-15(4-2)13-16/h3,10-11H,1,4-9,12-13H2,2H3. The van der Waals surface area contributed by atoms with Gasteiger partial charge < -0.3 is 14.5 Å². The smallest absolute Gasteiger partial charge is 0.330 e. The lowest BCUT2D eigenvalue weighted by Gasteiger charge is -2.19. The third-order valence-corrected chi connectivity index (χ3v) is 3.01. The molecule has 0 amide bonds. The fourth-order valence-electron chi connectivity index (χ4n) is 1.87. The molecule has 0 aromatic carbocycles. The summed E-state index contributed by atoms with van der Waals surface area (Å²) in [6.45, 7) is 9.24. The van der Waals surface area contributed by atoms with E-state index in [1.165, 1.54) is 18.9 Å². The highest BCUT2D eigenvalue weighted by molar-refractivity contribution is 5.81. The predicted octanol–water partition coefficient (Wildman–Crippen LogP) is 2.34. The van der Waals surface area contributed by atoms with Crippen molar-refractivity contribution in [3.8, 4) is 0 Å². The Balaban J connectivity index is 1.89. The zero-order chi connectivity index (χ0) is 13.2. The van der Waals surface area contributed by atoms with Crippen molar-refractivity contribution in [2.45, 2.75) is 32.6 Å². The summed E-state index contributed by atoms with van der Waals surface area (Å²) in [6, 6.07) is 0. The molecule has 0 unspecified atom stereocenters. The van der Waals surface area contributed by atoms with Crippen LogP contribution in [-0.2, 0) is 9.53 Å². The molecule has 0 spiro atoms. The molecule has 0 aromatic heterocycles. The highest BCUT2D eigenvalue weighted by Gasteiger charge is 2.08. The SMILES string of the molecule is C=CC(=O)OCCCCCCN1C=CN(CC)C1. The Kier molecular flexibility index (Phi) is 6.99. The van der Waals surface area contributed by atoms with E-state index in [9.17, 15) is 4.79 Å². The van der Waals surface area contributed by atoms with Gasteiger partial charge in [0.2, 0.25) is 0 Å². The third-order valence-electron chi connectivity index (χ3n) is 3.01. The van der Waals surface area contributed by atoms with Crippen LogP contribution in [0.3, 0.4) is 0 Å². The maximum Gasteiger partial charge on any atom is 0.330 e. The molecule has 0 saturated carbocycles. The van der Waals surface area contributed by atoms with Crippen molar-refractivity contribution in [1.82, 2.24) is 9.80 Å². The number of carbonyl (C=O) groups excluding carboxylic acids is 1. The number of unbranched alkanes of at least 4 members (excludes halogenated alkanes) is 3. The summed E-state index contributed by atoms with van der Waals surface area (Å²) in [5.74, 6) is -0.322. The molecule has 4 heteroatoms. The zero-order valence-electron chi connectivity index (χ0n) is 11.3. The van der Waals surface area contributed by atoms with E-state index in [2.05, 4.69) is 35.7 Å². The molecule has 0 saturated heterocycles. The fourth-order valence-corrected chi connectivity index (χ4v) is 1.87. The van der Waals surface area contributed by atoms with Gasteiger partial charge in [-0.3, -0.25) is 0 Å². The average molecular weight is 252 g/mol. The van der Waals surface area contributed by atoms with Gasteiger partial charge in [0, 0.05) is 31.6 Å². The average Bonchev–Trinajstić information content (AvgIpc) is 2.85. The molecule has 1 aliphatic rings. The maximum absolute atomic E-state index is 10.8. The van der Waals surface area contributed by atoms with Crippen molar-refractivity contribution in [3.63, 3.8) is 0 Å². The second-order valence-electron chi connectivity index (χ2n) is 4.44. The van der Waals surface area contributed by atoms with Crippen molar-refractivity contribution in [3.05, 3.63) is 25.1 Å². The van der Waals surface area contributed by atoms with Crippen molar-refractivity contribution in [1.29, 1.82) is 0 Å². The van der Waals surface area contributed by atoms with Crippen LogP contribution >= 0.6 is 0 Å². The molecular formula is C14H24N2O2. The minimum Gasteiger partial charge on any atom is -0.463 e. The van der Waals surface area contributed by atoms with Gasteiger partial charge in [-0.15, -0.1) is 0 Å². The van der Waals surface area contributed by atoms with E-state index < -0.39 is 0 Å². The summed E-state index contributed by atoms with van der Waals surface area (Å²) in [4.78, 5) is 15.4. The normalized spacial score (nSPS) is 14.1. The molecule has 0 atom stereocenters. The Hall–Kier alpha value is -1.45. The second kappa shape index (κ2) is 8.61. The first-order valence-corrected chi connectivity index (χ1v) is 6.72. The molecule has 1 aliphatic heterocycles. The lowest BCUT2D eigenvalue weighted by molar-refractivity contribution is -0.137. The van der Waals surface area contributed by atoms with E-state index in [0.29, 0.717) is 6.61 Å². The molecule has 18 heavy (non-hydrogen) atoms. The van der Waals surface area contributed by atoms with Crippen LogP contribution in [0.4, 0.5) is 0 Å². The maximum atomic E-state index is 10.8. The van der Waals surface area contributed by atoms with Gasteiger partial charge in [-0.05, 0) is 26.2 Å². The Labute approximate surface area is 110 Å². The van der Waals surface area contributed by atoms with Crippen LogP contribution in [0.25, 0.3) is 0 Å². The Morgan fingerprint density at radius 2 is 2.00 bits per heavy atom. The monoisotopic (exact) mass is 252 g/mol. The van der Waals surface area contributed by atoms with Crippen molar-refractivity contribution < 1.29 is 9.53 Å². The summed E-state index contributed by atoms with van der Waals surface area (Å²) >= 11 is 0. The van der Waals surface area contributed by atoms with Gasteiger partial charge in [-0.2, -0.15) is 0 Å². The van der Waals surface area contributed by atoms with E-state index in [1.54, 1.807) is 0 Å². The topological polar surface area (TPSA) is 32.8 Å². The fraction of sp³-hybridized carbons (Fsp3) is 0.643. The first-order valence-electron chi connectivity index (χ1n) is 6.72. The number of nitrogens with zero attached hydrogens (tertiary/aromatic N) is 2. The lowest BCUT2D eigenvalue weighted by atomic mass is 10.2. The number of ether oxygens (including phenoxy) is 1. The van der Waals surface area contributed by atoms with Gasteiger partial charge >= 0.3 is 5.97 Å². The molecule has 0 N–H and O–H groups in total. The number of hydrogen-bond acceptors (Lipinski definition) is 4. The van der Waals surface area contributed by atoms with Crippen LogP contribution < -0.4 is 0 Å². The van der Waals surface area contributed by atoms with E-state index >= 15 is 0 Å². The highest BCUT2D eigenvalue weighted by atomic mass is 16.5. The van der Waals surface area contributed by atoms with Crippen LogP contribution in [0, 0.1) is 0 Å². The number of carbonyl (C=O) groups is 1. The summed E-state index contributed by atoms with van der Waals surface area (Å²) < 4.78 is 4.91. The van der Waals surface area contributed by atoms with Gasteiger partial charge in [0.05, 0.1) is 13.3 Å². The van der Waals surface area contributed by atoms with Crippen LogP contribution in [0.1, 0.15) is 32.6 Å². The summed E-state index contributed by atoms with van der Waals surface area (Å²) in [6.07, 6.45) is 9.94. The molecule has 0 bridgehead atoms. The third kappa shape index (κ3) is 5.75. The predicted molar refractivity (Wildman–Crippen MR) is 72.7 cm³/mol. The molecule has 102 valence electrons. The van der Waals surface area contributed by atoms with Crippen molar-refractivity contribution in [2.75, 3.05) is 26.4 Å². The quantitative estimate of drug-likeness (QED) is 0.358. The molecule has 0 aromatic rings. The van der Waals surface area contributed by atoms with Crippen LogP contribution in [-0.4, -0.2) is 42.1 Å². The second-order valence-corrected chi connectivity index (χ2v) is 4.44. The summed E-state index contributed by atoms with van der Waals surface area (Å²) in [5, 5.41) is 0. The Bertz CT molecular complexity index is 290. The van der Waals surface area contributed by atoms with Gasteiger partial charge in [-0.25, -0.2) is 4.79 Å². The Morgan fingerprint density at radius 1 is 1.28 bits per heavy atom. The molecule has 0 fully saturated rings. The van der Waals surface area contributed by atoms with Crippen LogP contribution in [0.5, 0.6) is 0 Å². The van der Waals surface area contributed by atoms with Crippen molar-refractivity contribution in [2.24, 2.45) is 0 Å². The van der Waals surface area contributed by atoms with Crippen molar-refractivity contribution >= 4 is 5.97 Å². The zero-order valence-corrected chi connectivity index (χ0v) is 11.3. The number of esters is 1. The number of rotatable bonds is 9. The van der Waals surface area contributed by atoms with Gasteiger partial charge in [0.15, 0.2) is 0 Å². The highest BCUT2D eigenvalue weighted by Crippen LogP contribution is 2.08. The summed E-state index contributed by atoms with van der Waals surface area (Å²) in [5.41, 5.74) is 0. The first kappa shape index (κ1) is 14.6. The van der Waals surface area contributed by atoms with E-state index in [-0.39, 0.29) is 5.97 Å². The molecule has 0 radical (unpaired) electrons. The van der Waals surface area contributed by atoms with Crippen LogP contribution in [0.2, 0.25) is 0 Å². The minimum atomic E-state index is -0.322. The minimum absolute atomic E-state index is 0.322. The van der Waals surface area contributed by atoms with E-state index in [4.69, 9.17) is 4.74 Å². The summed E-state index contributed by atoms with van der Waals surface area (Å²) in [7, 11) is 0. The molecule has 0 aliphatic carbocycles. The van der Waals surface area contributed by atoms with E-state index in [0.717, 1.165) is 32.6 Å². The van der Waals surface area contributed by atoms with Gasteiger partial charge in [0.25, 0.3) is 0 Å². The molecular weight excluding hydrogens is 228 g/mol. The van der Waals surface area contributed by atoms with Gasteiger partial charge in [0.1, 0.15) is 0 Å². The van der Waals surface area contributed by atoms with E-state index in [1.807, 2.05) is 0 Å². The molecule has 1 rings (SSSR count). The lowest BCUT2D eigenvalue weighted by Crippen LogP contribution is -2.25. The van der Waals surface area contributed by atoms with Gasteiger partial charge in [-0.1, -0.05) is 13.0 Å². The molecule has 4 nitrogen and oxygen atoms in total. The van der Waals surface area contributed by atoms with Crippen LogP contribution in [0.15, 0.2) is 25.1 Å². The largest absolute Gasteiger partial charge is 0.463 e. The molecule has 1 heterocycles. The number of hydrogen-bond donors (Lipinski definition) is 0. The first-order chi connectivity index (χ1) is 8.76.